The van der Waals surface area contributed by atoms with Gasteiger partial charge in [-0.3, -0.25) is 4.79 Å². The van der Waals surface area contributed by atoms with E-state index in [0.29, 0.717) is 32.7 Å². The van der Waals surface area contributed by atoms with E-state index >= 15 is 0 Å². The van der Waals surface area contributed by atoms with Crippen molar-refractivity contribution in [1.29, 1.82) is 0 Å². The summed E-state index contributed by atoms with van der Waals surface area (Å²) in [5.41, 5.74) is 0.848. The van der Waals surface area contributed by atoms with Gasteiger partial charge in [-0.2, -0.15) is 0 Å². The molecule has 0 spiro atoms. The molecule has 1 saturated heterocycles. The lowest BCUT2D eigenvalue weighted by molar-refractivity contribution is -0.134. The average Bonchev–Trinajstić information content (AvgIpc) is 2.51. The highest BCUT2D eigenvalue weighted by molar-refractivity contribution is 5.77. The molecule has 0 bridgehead atoms. The molecule has 1 aliphatic heterocycles. The molecule has 116 valence electrons. The van der Waals surface area contributed by atoms with Crippen LogP contribution in [0.5, 0.6) is 0 Å². The number of nitrogens with one attached hydrogen (secondary N) is 1. The maximum atomic E-state index is 13.4. The van der Waals surface area contributed by atoms with Gasteiger partial charge in [0.1, 0.15) is 5.82 Å². The van der Waals surface area contributed by atoms with Crippen LogP contribution in [0.25, 0.3) is 0 Å². The molecule has 1 unspecified atom stereocenters. The highest BCUT2D eigenvalue weighted by atomic mass is 19.1. The van der Waals surface area contributed by atoms with Crippen molar-refractivity contribution >= 4 is 5.91 Å². The summed E-state index contributed by atoms with van der Waals surface area (Å²) in [4.78, 5) is 14.2. The second-order valence-electron chi connectivity index (χ2n) is 5.16. The van der Waals surface area contributed by atoms with Gasteiger partial charge < -0.3 is 15.0 Å². The smallest absolute Gasteiger partial charge is 0.223 e. The third kappa shape index (κ3) is 4.51. The van der Waals surface area contributed by atoms with E-state index in [-0.39, 0.29) is 17.8 Å². The van der Waals surface area contributed by atoms with Gasteiger partial charge in [0.25, 0.3) is 0 Å². The number of amides is 1. The van der Waals surface area contributed by atoms with E-state index in [1.54, 1.807) is 6.07 Å². The topological polar surface area (TPSA) is 41.6 Å². The van der Waals surface area contributed by atoms with E-state index in [4.69, 9.17) is 4.74 Å². The van der Waals surface area contributed by atoms with Crippen LogP contribution >= 0.6 is 0 Å². The normalized spacial score (nSPS) is 18.8. The van der Waals surface area contributed by atoms with Crippen molar-refractivity contribution in [2.75, 3.05) is 32.8 Å². The van der Waals surface area contributed by atoms with Crippen LogP contribution < -0.4 is 5.32 Å². The average molecular weight is 294 g/mol. The molecule has 21 heavy (non-hydrogen) atoms. The number of carbonyl (C=O) groups excluding carboxylic acids is 1. The lowest BCUT2D eigenvalue weighted by Gasteiger charge is -2.36. The van der Waals surface area contributed by atoms with Gasteiger partial charge in [0.05, 0.1) is 6.04 Å². The van der Waals surface area contributed by atoms with Gasteiger partial charge >= 0.3 is 0 Å². The third-order valence-corrected chi connectivity index (χ3v) is 3.68. The maximum absolute atomic E-state index is 13.4. The Hall–Kier alpha value is -1.46. The van der Waals surface area contributed by atoms with Crippen molar-refractivity contribution in [2.45, 2.75) is 25.8 Å². The second kappa shape index (κ2) is 8.10. The Morgan fingerprint density at radius 3 is 3.14 bits per heavy atom. The van der Waals surface area contributed by atoms with Crippen molar-refractivity contribution in [3.63, 3.8) is 0 Å². The van der Waals surface area contributed by atoms with Crippen LogP contribution in [0, 0.1) is 5.82 Å². The Morgan fingerprint density at radius 2 is 2.38 bits per heavy atom. The van der Waals surface area contributed by atoms with E-state index in [0.717, 1.165) is 18.5 Å². The Bertz CT molecular complexity index is 467. The molecule has 0 aromatic heterocycles. The third-order valence-electron chi connectivity index (χ3n) is 3.68. The molecule has 4 nitrogen and oxygen atoms in total. The molecule has 5 heteroatoms. The summed E-state index contributed by atoms with van der Waals surface area (Å²) in [7, 11) is 0. The first-order valence-corrected chi connectivity index (χ1v) is 7.55. The first-order chi connectivity index (χ1) is 10.2. The summed E-state index contributed by atoms with van der Waals surface area (Å²) in [6.45, 7) is 5.34. The number of benzene rings is 1. The Balaban J connectivity index is 2.00. The fraction of sp³-hybridized carbons (Fsp3) is 0.562. The number of hydrogen-bond acceptors (Lipinski definition) is 3. The largest absolute Gasteiger partial charge is 0.382 e. The number of ether oxygens (including phenoxy) is 1. The van der Waals surface area contributed by atoms with E-state index in [1.165, 1.54) is 12.1 Å². The van der Waals surface area contributed by atoms with E-state index < -0.39 is 0 Å². The van der Waals surface area contributed by atoms with Gasteiger partial charge in [-0.15, -0.1) is 0 Å². The number of piperazine rings is 1. The van der Waals surface area contributed by atoms with Crippen LogP contribution in [0.3, 0.4) is 0 Å². The minimum atomic E-state index is -0.262. The molecule has 0 radical (unpaired) electrons. The van der Waals surface area contributed by atoms with Crippen LogP contribution in [0.1, 0.15) is 31.4 Å². The Labute approximate surface area is 125 Å². The molecule has 1 amide bonds. The van der Waals surface area contributed by atoms with Crippen molar-refractivity contribution in [1.82, 2.24) is 10.2 Å². The highest BCUT2D eigenvalue weighted by Crippen LogP contribution is 2.23. The van der Waals surface area contributed by atoms with Crippen LogP contribution in [-0.4, -0.2) is 43.7 Å². The van der Waals surface area contributed by atoms with Crippen LogP contribution in [-0.2, 0) is 9.53 Å². The van der Waals surface area contributed by atoms with Gasteiger partial charge in [-0.05, 0) is 31.0 Å². The van der Waals surface area contributed by atoms with E-state index in [9.17, 15) is 9.18 Å². The zero-order valence-corrected chi connectivity index (χ0v) is 12.5. The molecule has 1 fully saturated rings. The van der Waals surface area contributed by atoms with Crippen molar-refractivity contribution < 1.29 is 13.9 Å². The van der Waals surface area contributed by atoms with Gasteiger partial charge in [0.2, 0.25) is 5.91 Å². The van der Waals surface area contributed by atoms with Gasteiger partial charge in [0.15, 0.2) is 0 Å². The molecule has 1 atom stereocenters. The highest BCUT2D eigenvalue weighted by Gasteiger charge is 2.27. The lowest BCUT2D eigenvalue weighted by atomic mass is 10.0. The minimum absolute atomic E-state index is 0.0888. The molecule has 2 rings (SSSR count). The molecule has 0 aliphatic carbocycles. The fourth-order valence-corrected chi connectivity index (χ4v) is 2.63. The van der Waals surface area contributed by atoms with Crippen molar-refractivity contribution in [2.24, 2.45) is 0 Å². The van der Waals surface area contributed by atoms with Gasteiger partial charge in [-0.1, -0.05) is 12.1 Å². The predicted octanol–water partition coefficient (Wildman–Crippen LogP) is 2.12. The summed E-state index contributed by atoms with van der Waals surface area (Å²) in [5, 5.41) is 3.27. The first-order valence-electron chi connectivity index (χ1n) is 7.55. The monoisotopic (exact) mass is 294 g/mol. The van der Waals surface area contributed by atoms with Crippen molar-refractivity contribution in [3.8, 4) is 0 Å². The van der Waals surface area contributed by atoms with Crippen LogP contribution in [0.2, 0.25) is 0 Å². The Morgan fingerprint density at radius 1 is 1.52 bits per heavy atom. The van der Waals surface area contributed by atoms with Gasteiger partial charge in [0, 0.05) is 39.3 Å². The molecule has 0 saturated carbocycles. The summed E-state index contributed by atoms with van der Waals surface area (Å²) >= 11 is 0. The number of carbonyl (C=O) groups is 1. The Kier molecular flexibility index (Phi) is 6.14. The van der Waals surface area contributed by atoms with Crippen molar-refractivity contribution in [3.05, 3.63) is 35.6 Å². The van der Waals surface area contributed by atoms with E-state index in [2.05, 4.69) is 5.32 Å². The first kappa shape index (κ1) is 15.9. The van der Waals surface area contributed by atoms with E-state index in [1.807, 2.05) is 17.9 Å². The summed E-state index contributed by atoms with van der Waals surface area (Å²) in [6.07, 6.45) is 1.21. The van der Waals surface area contributed by atoms with Crippen LogP contribution in [0.15, 0.2) is 24.3 Å². The SMILES string of the molecule is CCOCCCC(=O)N1CCNCC1c1cccc(F)c1. The fourth-order valence-electron chi connectivity index (χ4n) is 2.63. The molecule has 1 heterocycles. The minimum Gasteiger partial charge on any atom is -0.382 e. The lowest BCUT2D eigenvalue weighted by Crippen LogP contribution is -2.48. The zero-order valence-electron chi connectivity index (χ0n) is 12.5. The quantitative estimate of drug-likeness (QED) is 0.817. The number of rotatable bonds is 6. The molecule has 1 aliphatic rings. The summed E-state index contributed by atoms with van der Waals surface area (Å²) in [6, 6.07) is 6.42. The standard InChI is InChI=1S/C16H23FN2O2/c1-2-21-10-4-7-16(20)19-9-8-18-12-15(19)13-5-3-6-14(17)11-13/h3,5-6,11,15,18H,2,4,7-10,12H2,1H3. The number of halogens is 1. The molecule has 1 N–H and O–H groups in total. The van der Waals surface area contributed by atoms with Gasteiger partial charge in [-0.25, -0.2) is 4.39 Å². The number of hydrogen-bond donors (Lipinski definition) is 1. The second-order valence-corrected chi connectivity index (χ2v) is 5.16. The molecular formula is C16H23FN2O2. The number of nitrogens with zero attached hydrogens (tertiary/aromatic N) is 1. The van der Waals surface area contributed by atoms with Crippen LogP contribution in [0.4, 0.5) is 4.39 Å². The molecular weight excluding hydrogens is 271 g/mol. The molecule has 1 aromatic carbocycles. The molecule has 1 aromatic rings. The predicted molar refractivity (Wildman–Crippen MR) is 79.5 cm³/mol. The summed E-state index contributed by atoms with van der Waals surface area (Å²) in [5.74, 6) is -0.146. The maximum Gasteiger partial charge on any atom is 0.223 e. The zero-order chi connectivity index (χ0) is 15.1. The summed E-state index contributed by atoms with van der Waals surface area (Å²) < 4.78 is 18.7.